The monoisotopic (exact) mass is 284 g/mol. The van der Waals surface area contributed by atoms with Gasteiger partial charge in [0.1, 0.15) is 0 Å². The highest BCUT2D eigenvalue weighted by Gasteiger charge is 2.42. The molecular weight excluding hydrogens is 256 g/mol. The number of hydrogen-bond donors (Lipinski definition) is 3. The average Bonchev–Trinajstić information content (AvgIpc) is 2.68. The first-order valence-electron chi connectivity index (χ1n) is 7.43. The van der Waals surface area contributed by atoms with E-state index in [-0.39, 0.29) is 23.8 Å². The Balaban J connectivity index is 2.36. The number of carbonyl (C=O) groups excluding carboxylic acids is 1. The van der Waals surface area contributed by atoms with Gasteiger partial charge in [0.25, 0.3) is 0 Å². The van der Waals surface area contributed by atoms with Crippen molar-refractivity contribution in [2.75, 3.05) is 6.54 Å². The number of hydrogen-bond acceptors (Lipinski definition) is 3. The molecule has 0 aliphatic heterocycles. The maximum atomic E-state index is 12.2. The van der Waals surface area contributed by atoms with Crippen LogP contribution in [-0.4, -0.2) is 29.6 Å². The second-order valence-electron chi connectivity index (χ2n) is 6.98. The van der Waals surface area contributed by atoms with Crippen LogP contribution in [0, 0.1) is 10.8 Å². The van der Waals surface area contributed by atoms with E-state index in [0.29, 0.717) is 13.0 Å². The lowest BCUT2D eigenvalue weighted by molar-refractivity contribution is -0.137. The number of nitrogens with one attached hydrogen (secondary N) is 1. The third-order valence-corrected chi connectivity index (χ3v) is 4.65. The highest BCUT2D eigenvalue weighted by atomic mass is 16.4. The summed E-state index contributed by atoms with van der Waals surface area (Å²) in [5.74, 6) is -0.733. The minimum Gasteiger partial charge on any atom is -0.481 e. The molecule has 5 heteroatoms. The Morgan fingerprint density at radius 3 is 2.55 bits per heavy atom. The van der Waals surface area contributed by atoms with Gasteiger partial charge in [0, 0.05) is 19.0 Å². The summed E-state index contributed by atoms with van der Waals surface area (Å²) in [6.45, 7) is 6.58. The third-order valence-electron chi connectivity index (χ3n) is 4.65. The molecule has 0 spiro atoms. The quantitative estimate of drug-likeness (QED) is 0.665. The van der Waals surface area contributed by atoms with Crippen LogP contribution in [0.1, 0.15) is 59.3 Å². The molecule has 1 aliphatic rings. The van der Waals surface area contributed by atoms with Crippen LogP contribution in [0.25, 0.3) is 0 Å². The number of carboxylic acid groups (broad SMARTS) is 1. The van der Waals surface area contributed by atoms with E-state index in [1.165, 1.54) is 0 Å². The van der Waals surface area contributed by atoms with Crippen LogP contribution < -0.4 is 11.1 Å². The first-order valence-corrected chi connectivity index (χ1v) is 7.43. The van der Waals surface area contributed by atoms with Crippen molar-refractivity contribution in [3.05, 3.63) is 0 Å². The van der Waals surface area contributed by atoms with Crippen molar-refractivity contribution < 1.29 is 14.7 Å². The molecule has 1 aliphatic carbocycles. The standard InChI is InChI=1S/C15H28N2O3/c1-14(2,8-6-12(18)19)9-10-17-13(20)15(3)7-4-5-11(15)16/h11H,4-10,16H2,1-3H3,(H,17,20)(H,18,19). The lowest BCUT2D eigenvalue weighted by atomic mass is 9.82. The smallest absolute Gasteiger partial charge is 0.303 e. The summed E-state index contributed by atoms with van der Waals surface area (Å²) in [6, 6.07) is -0.0532. The zero-order valence-electron chi connectivity index (χ0n) is 12.9. The van der Waals surface area contributed by atoms with Gasteiger partial charge >= 0.3 is 5.97 Å². The van der Waals surface area contributed by atoms with E-state index < -0.39 is 11.4 Å². The summed E-state index contributed by atoms with van der Waals surface area (Å²) in [7, 11) is 0. The first-order chi connectivity index (χ1) is 9.17. The van der Waals surface area contributed by atoms with E-state index in [4.69, 9.17) is 10.8 Å². The van der Waals surface area contributed by atoms with E-state index in [9.17, 15) is 9.59 Å². The number of amides is 1. The second-order valence-corrected chi connectivity index (χ2v) is 6.98. The molecule has 0 bridgehead atoms. The molecule has 0 aromatic heterocycles. The van der Waals surface area contributed by atoms with Crippen LogP contribution in [-0.2, 0) is 9.59 Å². The second kappa shape index (κ2) is 6.57. The van der Waals surface area contributed by atoms with E-state index in [2.05, 4.69) is 5.32 Å². The van der Waals surface area contributed by atoms with E-state index in [0.717, 1.165) is 25.7 Å². The molecule has 116 valence electrons. The van der Waals surface area contributed by atoms with Gasteiger partial charge in [-0.05, 0) is 38.0 Å². The van der Waals surface area contributed by atoms with Crippen molar-refractivity contribution in [3.63, 3.8) is 0 Å². The van der Waals surface area contributed by atoms with Crippen molar-refractivity contribution >= 4 is 11.9 Å². The van der Waals surface area contributed by atoms with Crippen LogP contribution in [0.15, 0.2) is 0 Å². The van der Waals surface area contributed by atoms with Gasteiger partial charge in [-0.15, -0.1) is 0 Å². The highest BCUT2D eigenvalue weighted by molar-refractivity contribution is 5.83. The minimum absolute atomic E-state index is 0.0385. The molecule has 0 saturated heterocycles. The average molecular weight is 284 g/mol. The molecule has 2 unspecified atom stereocenters. The van der Waals surface area contributed by atoms with E-state index in [1.54, 1.807) is 0 Å². The topological polar surface area (TPSA) is 92.4 Å². The van der Waals surface area contributed by atoms with Crippen molar-refractivity contribution in [2.24, 2.45) is 16.6 Å². The number of carboxylic acids is 1. The maximum absolute atomic E-state index is 12.2. The first kappa shape index (κ1) is 17.0. The normalized spacial score (nSPS) is 26.5. The Kier molecular flexibility index (Phi) is 5.57. The number of aliphatic carboxylic acids is 1. The van der Waals surface area contributed by atoms with Crippen LogP contribution in [0.5, 0.6) is 0 Å². The number of nitrogens with two attached hydrogens (primary N) is 1. The predicted molar refractivity (Wildman–Crippen MR) is 78.2 cm³/mol. The van der Waals surface area contributed by atoms with Crippen LogP contribution in [0.4, 0.5) is 0 Å². The lowest BCUT2D eigenvalue weighted by Gasteiger charge is -2.29. The summed E-state index contributed by atoms with van der Waals surface area (Å²) >= 11 is 0. The Hall–Kier alpha value is -1.10. The van der Waals surface area contributed by atoms with Gasteiger partial charge in [0.2, 0.25) is 5.91 Å². The molecule has 1 fully saturated rings. The third kappa shape index (κ3) is 4.47. The van der Waals surface area contributed by atoms with Gasteiger partial charge in [-0.3, -0.25) is 9.59 Å². The largest absolute Gasteiger partial charge is 0.481 e. The molecular formula is C15H28N2O3. The summed E-state index contributed by atoms with van der Waals surface area (Å²) in [5.41, 5.74) is 5.51. The summed E-state index contributed by atoms with van der Waals surface area (Å²) in [6.07, 6.45) is 4.33. The minimum atomic E-state index is -0.772. The Bertz CT molecular complexity index is 368. The van der Waals surface area contributed by atoms with E-state index in [1.807, 2.05) is 20.8 Å². The van der Waals surface area contributed by atoms with Crippen LogP contribution in [0.2, 0.25) is 0 Å². The lowest BCUT2D eigenvalue weighted by Crippen LogP contribution is -2.47. The Labute approximate surface area is 121 Å². The molecule has 5 nitrogen and oxygen atoms in total. The van der Waals surface area contributed by atoms with Crippen molar-refractivity contribution in [2.45, 2.75) is 65.3 Å². The van der Waals surface area contributed by atoms with Crippen LogP contribution in [0.3, 0.4) is 0 Å². The summed E-state index contributed by atoms with van der Waals surface area (Å²) in [4.78, 5) is 22.8. The van der Waals surface area contributed by atoms with Gasteiger partial charge in [-0.1, -0.05) is 20.3 Å². The van der Waals surface area contributed by atoms with Crippen molar-refractivity contribution in [1.29, 1.82) is 0 Å². The van der Waals surface area contributed by atoms with Gasteiger partial charge in [0.15, 0.2) is 0 Å². The highest BCUT2D eigenvalue weighted by Crippen LogP contribution is 2.37. The van der Waals surface area contributed by atoms with Crippen molar-refractivity contribution in [1.82, 2.24) is 5.32 Å². The molecule has 0 radical (unpaired) electrons. The summed E-state index contributed by atoms with van der Waals surface area (Å²) < 4.78 is 0. The van der Waals surface area contributed by atoms with Gasteiger partial charge in [0.05, 0.1) is 5.41 Å². The van der Waals surface area contributed by atoms with Gasteiger partial charge in [-0.2, -0.15) is 0 Å². The molecule has 1 amide bonds. The molecule has 0 heterocycles. The fraction of sp³-hybridized carbons (Fsp3) is 0.867. The zero-order valence-corrected chi connectivity index (χ0v) is 12.9. The molecule has 1 rings (SSSR count). The predicted octanol–water partition coefficient (Wildman–Crippen LogP) is 1.90. The molecule has 0 aromatic rings. The zero-order chi connectivity index (χ0) is 15.4. The molecule has 20 heavy (non-hydrogen) atoms. The number of rotatable bonds is 7. The molecule has 0 aromatic carbocycles. The van der Waals surface area contributed by atoms with Crippen LogP contribution >= 0.6 is 0 Å². The summed E-state index contributed by atoms with van der Waals surface area (Å²) in [5, 5.41) is 11.7. The number of carbonyl (C=O) groups is 2. The Morgan fingerprint density at radius 1 is 1.40 bits per heavy atom. The SMILES string of the molecule is CC(C)(CCNC(=O)C1(C)CCCC1N)CCC(=O)O. The van der Waals surface area contributed by atoms with Gasteiger partial charge in [-0.25, -0.2) is 0 Å². The molecule has 4 N–H and O–H groups in total. The maximum Gasteiger partial charge on any atom is 0.303 e. The fourth-order valence-electron chi connectivity index (χ4n) is 2.76. The van der Waals surface area contributed by atoms with Gasteiger partial charge < -0.3 is 16.2 Å². The molecule has 2 atom stereocenters. The Morgan fingerprint density at radius 2 is 2.05 bits per heavy atom. The van der Waals surface area contributed by atoms with Crippen molar-refractivity contribution in [3.8, 4) is 0 Å². The molecule has 1 saturated carbocycles. The van der Waals surface area contributed by atoms with E-state index >= 15 is 0 Å². The fourth-order valence-corrected chi connectivity index (χ4v) is 2.76.